The van der Waals surface area contributed by atoms with Crippen LogP contribution in [0.25, 0.3) is 22.0 Å². The van der Waals surface area contributed by atoms with Gasteiger partial charge < -0.3 is 10.1 Å². The van der Waals surface area contributed by atoms with Crippen molar-refractivity contribution < 1.29 is 22.3 Å². The summed E-state index contributed by atoms with van der Waals surface area (Å²) in [7, 11) is -1.29. The van der Waals surface area contributed by atoms with Gasteiger partial charge in [0.2, 0.25) is 11.8 Å². The van der Waals surface area contributed by atoms with Gasteiger partial charge in [-0.15, -0.1) is 0 Å². The number of nitrogens with zero attached hydrogens (tertiary/aromatic N) is 3. The molecule has 0 aliphatic heterocycles. The molecule has 0 saturated heterocycles. The van der Waals surface area contributed by atoms with E-state index in [-0.39, 0.29) is 44.9 Å². The van der Waals surface area contributed by atoms with Gasteiger partial charge in [-0.25, -0.2) is 22.8 Å². The molecule has 0 radical (unpaired) electrons. The predicted octanol–water partition coefficient (Wildman–Crippen LogP) is 3.76. The fraction of sp³-hybridized carbons (Fsp3) is 0.231. The van der Waals surface area contributed by atoms with Crippen molar-refractivity contribution in [3.63, 3.8) is 0 Å². The number of methoxy groups -OCH3 is 1. The summed E-state index contributed by atoms with van der Waals surface area (Å²) in [5.41, 5.74) is 1.37. The minimum atomic E-state index is -4.22. The van der Waals surface area contributed by atoms with Gasteiger partial charge in [0.1, 0.15) is 16.4 Å². The Morgan fingerprint density at radius 3 is 2.59 bits per heavy atom. The highest BCUT2D eigenvalue weighted by Gasteiger charge is 2.35. The Kier molecular flexibility index (Phi) is 7.00. The number of sulfonamides is 1. The van der Waals surface area contributed by atoms with Gasteiger partial charge in [-0.1, -0.05) is 17.7 Å². The number of amides is 1. The Morgan fingerprint density at radius 2 is 1.90 bits per heavy atom. The van der Waals surface area contributed by atoms with Crippen molar-refractivity contribution in [2.24, 2.45) is 5.92 Å². The molecular weight excluding hydrogens is 549 g/mol. The van der Waals surface area contributed by atoms with Crippen LogP contribution in [0.2, 0.25) is 5.02 Å². The van der Waals surface area contributed by atoms with Crippen LogP contribution in [-0.2, 0) is 14.8 Å². The molecule has 4 aromatic rings. The van der Waals surface area contributed by atoms with Crippen LogP contribution in [0.3, 0.4) is 0 Å². The minimum absolute atomic E-state index is 0.000949. The smallest absolute Gasteiger partial charge is 0.263 e. The van der Waals surface area contributed by atoms with Crippen molar-refractivity contribution in [1.82, 2.24) is 19.9 Å². The molecule has 2 N–H and O–H groups in total. The number of aromatic nitrogens is 3. The molecule has 1 fully saturated rings. The molecule has 10 nitrogen and oxygen atoms in total. The monoisotopic (exact) mass is 571 g/mol. The molecule has 0 bridgehead atoms. The Hall–Kier alpha value is -4.03. The van der Waals surface area contributed by atoms with Gasteiger partial charge in [-0.3, -0.25) is 18.9 Å². The third kappa shape index (κ3) is 5.04. The molecule has 0 spiro atoms. The summed E-state index contributed by atoms with van der Waals surface area (Å²) in [6.45, 7) is 0. The predicted molar refractivity (Wildman–Crippen MR) is 144 cm³/mol. The topological polar surface area (TPSA) is 132 Å². The van der Waals surface area contributed by atoms with E-state index in [1.165, 1.54) is 25.7 Å². The molecule has 1 amide bonds. The highest BCUT2D eigenvalue weighted by Crippen LogP contribution is 2.37. The van der Waals surface area contributed by atoms with E-state index in [4.69, 9.17) is 16.3 Å². The minimum Gasteiger partial charge on any atom is -0.480 e. The molecule has 0 atom stereocenters. The standard InChI is InChI=1S/C26H23ClFN5O5S/c1-29-24(34)15-7-18(8-15)33-13-31-21-5-3-14(9-19(21)26(33)35)16-10-22(25(38-2)30-12-16)32-39(36,37)23-6-4-17(28)11-20(23)27/h3-6,9-13,15,18,32H,7-8H2,1-2H3,(H,29,34)/t15-,18-. The fourth-order valence-corrected chi connectivity index (χ4v) is 6.13. The summed E-state index contributed by atoms with van der Waals surface area (Å²) in [6, 6.07) is 9.43. The zero-order valence-electron chi connectivity index (χ0n) is 20.8. The average Bonchev–Trinajstić information content (AvgIpc) is 2.88. The second-order valence-electron chi connectivity index (χ2n) is 9.09. The third-order valence-electron chi connectivity index (χ3n) is 6.71. The molecule has 2 heterocycles. The number of rotatable bonds is 7. The maximum atomic E-state index is 13.4. The van der Waals surface area contributed by atoms with E-state index in [2.05, 4.69) is 20.0 Å². The van der Waals surface area contributed by atoms with E-state index >= 15 is 0 Å². The number of pyridine rings is 1. The Labute approximate surface area is 227 Å². The lowest BCUT2D eigenvalue weighted by Gasteiger charge is -2.34. The largest absolute Gasteiger partial charge is 0.480 e. The quantitative estimate of drug-likeness (QED) is 0.345. The highest BCUT2D eigenvalue weighted by atomic mass is 35.5. The first-order chi connectivity index (χ1) is 18.6. The lowest BCUT2D eigenvalue weighted by molar-refractivity contribution is -0.128. The van der Waals surface area contributed by atoms with Gasteiger partial charge in [-0.05, 0) is 54.8 Å². The number of hydrogen-bond acceptors (Lipinski definition) is 7. The molecule has 0 unspecified atom stereocenters. The van der Waals surface area contributed by atoms with Crippen LogP contribution in [-0.4, -0.2) is 43.0 Å². The van der Waals surface area contributed by atoms with Gasteiger partial charge in [0.05, 0.1) is 29.4 Å². The normalized spacial score (nSPS) is 16.9. The SMILES string of the molecule is CNC(=O)[C@H]1C[C@H](n2cnc3ccc(-c4cnc(OC)c(NS(=O)(=O)c5ccc(F)cc5Cl)c4)cc3c2=O)C1. The van der Waals surface area contributed by atoms with E-state index in [0.29, 0.717) is 34.9 Å². The maximum Gasteiger partial charge on any atom is 0.263 e. The maximum absolute atomic E-state index is 13.4. The fourth-order valence-electron chi connectivity index (χ4n) is 4.55. The number of nitrogens with one attached hydrogen (secondary N) is 2. The van der Waals surface area contributed by atoms with Crippen molar-refractivity contribution in [2.45, 2.75) is 23.8 Å². The van der Waals surface area contributed by atoms with E-state index < -0.39 is 15.8 Å². The van der Waals surface area contributed by atoms with Crippen LogP contribution in [0.1, 0.15) is 18.9 Å². The number of benzene rings is 2. The Bertz CT molecular complexity index is 1770. The zero-order valence-corrected chi connectivity index (χ0v) is 22.4. The van der Waals surface area contributed by atoms with Crippen LogP contribution < -0.4 is 20.3 Å². The number of anilines is 1. The molecule has 39 heavy (non-hydrogen) atoms. The summed E-state index contributed by atoms with van der Waals surface area (Å²) < 4.78 is 48.6. The average molecular weight is 572 g/mol. The van der Waals surface area contributed by atoms with Gasteiger partial charge >= 0.3 is 0 Å². The molecule has 1 aliphatic carbocycles. The molecule has 1 aliphatic rings. The summed E-state index contributed by atoms with van der Waals surface area (Å²) >= 11 is 5.97. The van der Waals surface area contributed by atoms with Gasteiger partial charge in [0.15, 0.2) is 0 Å². The summed E-state index contributed by atoms with van der Waals surface area (Å²) in [6.07, 6.45) is 4.09. The second-order valence-corrected chi connectivity index (χ2v) is 11.1. The van der Waals surface area contributed by atoms with Gasteiger partial charge in [0.25, 0.3) is 15.6 Å². The van der Waals surface area contributed by atoms with Crippen molar-refractivity contribution >= 4 is 44.1 Å². The van der Waals surface area contributed by atoms with Gasteiger partial charge in [0, 0.05) is 30.8 Å². The number of hydrogen-bond donors (Lipinski definition) is 2. The lowest BCUT2D eigenvalue weighted by atomic mass is 9.79. The molecule has 2 aromatic carbocycles. The van der Waals surface area contributed by atoms with Crippen molar-refractivity contribution in [1.29, 1.82) is 0 Å². The Morgan fingerprint density at radius 1 is 1.13 bits per heavy atom. The summed E-state index contributed by atoms with van der Waals surface area (Å²) in [4.78, 5) is 33.5. The summed E-state index contributed by atoms with van der Waals surface area (Å²) in [5.74, 6) is -0.851. The first-order valence-electron chi connectivity index (χ1n) is 11.9. The first-order valence-corrected chi connectivity index (χ1v) is 13.7. The molecule has 5 rings (SSSR count). The lowest BCUT2D eigenvalue weighted by Crippen LogP contribution is -2.41. The number of fused-ring (bicyclic) bond motifs is 1. The number of carbonyl (C=O) groups is 1. The van der Waals surface area contributed by atoms with Crippen molar-refractivity contribution in [3.05, 3.63) is 76.2 Å². The number of halogens is 2. The van der Waals surface area contributed by atoms with Gasteiger partial charge in [-0.2, -0.15) is 0 Å². The van der Waals surface area contributed by atoms with Crippen LogP contribution in [0.4, 0.5) is 10.1 Å². The van der Waals surface area contributed by atoms with Crippen LogP contribution in [0.5, 0.6) is 5.88 Å². The number of carbonyl (C=O) groups excluding carboxylic acids is 1. The Balaban J connectivity index is 1.49. The first kappa shape index (κ1) is 26.6. The van der Waals surface area contributed by atoms with E-state index in [0.717, 1.165) is 18.2 Å². The molecule has 202 valence electrons. The molecular formula is C26H23ClFN5O5S. The zero-order chi connectivity index (χ0) is 27.9. The van der Waals surface area contributed by atoms with Crippen molar-refractivity contribution in [3.8, 4) is 17.0 Å². The van der Waals surface area contributed by atoms with Crippen LogP contribution >= 0.6 is 11.6 Å². The van der Waals surface area contributed by atoms with Crippen molar-refractivity contribution in [2.75, 3.05) is 18.9 Å². The third-order valence-corrected chi connectivity index (χ3v) is 8.56. The highest BCUT2D eigenvalue weighted by molar-refractivity contribution is 7.92. The van der Waals surface area contributed by atoms with E-state index in [1.54, 1.807) is 29.8 Å². The van der Waals surface area contributed by atoms with Crippen LogP contribution in [0.15, 0.2) is 64.7 Å². The van der Waals surface area contributed by atoms with Crippen LogP contribution in [0, 0.1) is 11.7 Å². The second kappa shape index (κ2) is 10.3. The van der Waals surface area contributed by atoms with E-state index in [9.17, 15) is 22.4 Å². The van der Waals surface area contributed by atoms with E-state index in [1.807, 2.05) is 0 Å². The number of ether oxygens (including phenoxy) is 1. The molecule has 13 heteroatoms. The molecule has 2 aromatic heterocycles. The molecule has 1 saturated carbocycles. The summed E-state index contributed by atoms with van der Waals surface area (Å²) in [5, 5.41) is 2.72.